The summed E-state index contributed by atoms with van der Waals surface area (Å²) in [5.74, 6) is 0. The molecule has 5 rings (SSSR count). The number of likely N-dealkylation sites (N-methyl/N-ethyl adjacent to an activating group) is 2. The number of halogens is 6. The molecule has 0 aliphatic heterocycles. The molecule has 4 atom stereocenters. The van der Waals surface area contributed by atoms with E-state index in [-0.39, 0.29) is 40.0 Å². The van der Waals surface area contributed by atoms with Crippen LogP contribution >= 0.6 is 0 Å². The van der Waals surface area contributed by atoms with Crippen molar-refractivity contribution in [3.05, 3.63) is 131 Å². The third kappa shape index (κ3) is 15.1. The molecule has 0 unspecified atom stereocenters. The van der Waals surface area contributed by atoms with Crippen molar-refractivity contribution < 1.29 is 69.4 Å². The number of hydrogen-bond donors (Lipinski definition) is 0. The number of benzene rings is 2. The molecule has 2 heterocycles. The van der Waals surface area contributed by atoms with Gasteiger partial charge in [-0.05, 0) is 84.3 Å². The van der Waals surface area contributed by atoms with Crippen LogP contribution in [0.5, 0.6) is 0 Å². The van der Waals surface area contributed by atoms with Crippen LogP contribution in [0.2, 0.25) is 0 Å². The zero-order valence-corrected chi connectivity index (χ0v) is 37.8. The third-order valence-electron chi connectivity index (χ3n) is 10.2. The summed E-state index contributed by atoms with van der Waals surface area (Å²) in [7, 11) is -7.54. The molecule has 2 aromatic carbocycles. The summed E-state index contributed by atoms with van der Waals surface area (Å²) >= 11 is 0. The zero-order valence-electron chi connectivity index (χ0n) is 35.1. The number of nitrogens with zero attached hydrogens (tertiary/aromatic N) is 4. The smallest absolute Gasteiger partial charge is 0.741 e. The van der Waals surface area contributed by atoms with Gasteiger partial charge in [-0.15, -0.1) is 0 Å². The molecule has 10 nitrogen and oxygen atoms in total. The van der Waals surface area contributed by atoms with Crippen LogP contribution in [-0.4, -0.2) is 82.9 Å². The molecule has 0 spiro atoms. The van der Waals surface area contributed by atoms with Crippen LogP contribution in [0.3, 0.4) is 0 Å². The Morgan fingerprint density at radius 1 is 0.557 bits per heavy atom. The van der Waals surface area contributed by atoms with E-state index in [0.29, 0.717) is 12.1 Å². The van der Waals surface area contributed by atoms with Crippen molar-refractivity contribution in [2.45, 2.75) is 113 Å². The fourth-order valence-corrected chi connectivity index (χ4v) is 7.06. The first-order valence-electron chi connectivity index (χ1n) is 19.0. The van der Waals surface area contributed by atoms with E-state index in [9.17, 15) is 26.3 Å². The van der Waals surface area contributed by atoms with Gasteiger partial charge in [-0.2, -0.15) is 26.3 Å². The second-order valence-electron chi connectivity index (χ2n) is 16.6. The normalized spacial score (nSPS) is 17.5. The van der Waals surface area contributed by atoms with Crippen molar-refractivity contribution in [3.8, 4) is 0 Å². The van der Waals surface area contributed by atoms with Gasteiger partial charge in [0.2, 0.25) is 0 Å². The van der Waals surface area contributed by atoms with Gasteiger partial charge in [0, 0.05) is 24.5 Å². The van der Waals surface area contributed by atoms with Gasteiger partial charge in [-0.3, -0.25) is 19.8 Å². The molecule has 338 valence electrons. The van der Waals surface area contributed by atoms with Gasteiger partial charge in [0.25, 0.3) is 0 Å². The van der Waals surface area contributed by atoms with Crippen molar-refractivity contribution in [2.24, 2.45) is 0 Å². The summed E-state index contributed by atoms with van der Waals surface area (Å²) in [6.07, 6.45) is 8.67. The molecule has 0 radical (unpaired) electrons. The van der Waals surface area contributed by atoms with Crippen molar-refractivity contribution in [1.82, 2.24) is 19.8 Å². The molecule has 0 bridgehead atoms. The molecule has 1 aliphatic carbocycles. The summed E-state index contributed by atoms with van der Waals surface area (Å²) in [5, 5.41) is 0. The second kappa shape index (κ2) is 21.3. The first-order valence-corrected chi connectivity index (χ1v) is 21.8. The molecule has 2 aromatic heterocycles. The fraction of sp³-hybridized carbons (Fsp3) is 0.476. The molecule has 1 aliphatic rings. The van der Waals surface area contributed by atoms with Crippen molar-refractivity contribution in [3.63, 3.8) is 0 Å². The molecule has 61 heavy (non-hydrogen) atoms. The van der Waals surface area contributed by atoms with E-state index in [1.807, 2.05) is 24.5 Å². The molecule has 1 saturated carbocycles. The van der Waals surface area contributed by atoms with Gasteiger partial charge in [0.1, 0.15) is 0 Å². The Balaban J connectivity index is 0.000000638. The molecule has 4 aromatic rings. The Hall–Kier alpha value is -3.42. The average Bonchev–Trinajstić information content (AvgIpc) is 3.14. The Morgan fingerprint density at radius 2 is 0.836 bits per heavy atom. The molecule has 0 N–H and O–H groups in total. The summed E-state index contributed by atoms with van der Waals surface area (Å²) in [6.45, 7) is 13.7. The van der Waals surface area contributed by atoms with Gasteiger partial charge in [0.05, 0.1) is 23.5 Å². The molecule has 0 amide bonds. The van der Waals surface area contributed by atoms with Gasteiger partial charge in [-0.1, -0.05) is 115 Å². The molecular formula is C42H52F6FeN4O6S2. The van der Waals surface area contributed by atoms with E-state index in [4.69, 9.17) is 35.9 Å². The number of aromatic nitrogens is 2. The topological polar surface area (TPSA) is 147 Å². The Kier molecular flexibility index (Phi) is 18.8. The SMILES string of the molecule is CN([C@H](c1ccc(C(C)(C)C)cc1)c1ccccn1)[C@@H]1CCCC[C@H]1N(C)[C@H](c1ccc(C(C)(C)C)cc1)c1ccccn1.O=S(=O)([O-])C(F)(F)F.O=S(=O)([O-])C(F)(F)F.[Fe+2]. The Bertz CT molecular complexity index is 2010. The van der Waals surface area contributed by atoms with Crippen LogP contribution in [0.15, 0.2) is 97.3 Å². The molecule has 19 heteroatoms. The first kappa shape index (κ1) is 53.7. The standard InChI is InChI=1S/C40H52N4.2CHF3O3S.Fe/c1-39(2,3)31-23-19-29(20-24-31)37(33-15-11-13-27-41-33)43(7)35-17-9-10-18-36(35)44(8)38(34-16-12-14-28-42-34)30-21-25-32(26-22-30)40(4,5)6;2*2-1(3,4)8(5,6)7;/h11-16,19-28,35-38H,9-10,17-18H2,1-8H3;2*(H,5,6,7);/q;;;+2/p-2/t35-,36-,37-,38-;;;/m1.../s1. The van der Waals surface area contributed by atoms with Crippen LogP contribution < -0.4 is 0 Å². The fourth-order valence-electron chi connectivity index (χ4n) is 7.06. The largest absolute Gasteiger partial charge is 2.00 e. The second-order valence-corrected chi connectivity index (χ2v) is 19.4. The molecule has 0 saturated heterocycles. The van der Waals surface area contributed by atoms with Gasteiger partial charge in [0.15, 0.2) is 20.2 Å². The minimum absolute atomic E-state index is 0. The van der Waals surface area contributed by atoms with Crippen LogP contribution in [0.25, 0.3) is 0 Å². The molecular weight excluding hydrogens is 890 g/mol. The maximum Gasteiger partial charge on any atom is 2.00 e. The predicted molar refractivity (Wildman–Crippen MR) is 216 cm³/mol. The predicted octanol–water partition coefficient (Wildman–Crippen LogP) is 9.23. The minimum atomic E-state index is -6.09. The van der Waals surface area contributed by atoms with Crippen molar-refractivity contribution in [2.75, 3.05) is 14.1 Å². The minimum Gasteiger partial charge on any atom is -0.741 e. The van der Waals surface area contributed by atoms with Crippen LogP contribution in [0.1, 0.15) is 113 Å². The monoisotopic (exact) mass is 942 g/mol. The molecule has 1 fully saturated rings. The average molecular weight is 943 g/mol. The third-order valence-corrected chi connectivity index (χ3v) is 11.4. The van der Waals surface area contributed by atoms with Crippen LogP contribution in [0, 0.1) is 0 Å². The van der Waals surface area contributed by atoms with Crippen molar-refractivity contribution >= 4 is 20.2 Å². The van der Waals surface area contributed by atoms with E-state index in [0.717, 1.165) is 24.2 Å². The summed E-state index contributed by atoms with van der Waals surface area (Å²) in [6, 6.07) is 32.1. The van der Waals surface area contributed by atoms with Gasteiger partial charge < -0.3 is 9.11 Å². The van der Waals surface area contributed by atoms with E-state index in [1.165, 1.54) is 35.1 Å². The number of pyridine rings is 2. The summed E-state index contributed by atoms with van der Waals surface area (Å²) in [4.78, 5) is 15.0. The summed E-state index contributed by atoms with van der Waals surface area (Å²) in [5.41, 5.74) is -3.55. The van der Waals surface area contributed by atoms with Crippen molar-refractivity contribution in [1.29, 1.82) is 0 Å². The maximum atomic E-state index is 10.7. The van der Waals surface area contributed by atoms with Crippen LogP contribution in [0.4, 0.5) is 26.3 Å². The van der Waals surface area contributed by atoms with Crippen LogP contribution in [-0.2, 0) is 48.1 Å². The summed E-state index contributed by atoms with van der Waals surface area (Å²) < 4.78 is 118. The Labute approximate surface area is 366 Å². The first-order chi connectivity index (χ1) is 27.4. The van der Waals surface area contributed by atoms with E-state index >= 15 is 0 Å². The zero-order chi connectivity index (χ0) is 45.5. The Morgan fingerprint density at radius 3 is 1.05 bits per heavy atom. The number of rotatable bonds is 8. The van der Waals surface area contributed by atoms with E-state index in [1.54, 1.807) is 0 Å². The quantitative estimate of drug-likeness (QED) is 0.0725. The van der Waals surface area contributed by atoms with E-state index in [2.05, 4.69) is 138 Å². The maximum absolute atomic E-state index is 10.7. The van der Waals surface area contributed by atoms with Gasteiger partial charge in [-0.25, -0.2) is 16.8 Å². The van der Waals surface area contributed by atoms with E-state index < -0.39 is 31.3 Å². The number of alkyl halides is 6. The number of hydrogen-bond acceptors (Lipinski definition) is 10. The van der Waals surface area contributed by atoms with Gasteiger partial charge >= 0.3 is 28.1 Å².